The zero-order valence-electron chi connectivity index (χ0n) is 9.82. The van der Waals surface area contributed by atoms with Crippen molar-refractivity contribution in [3.8, 4) is 0 Å². The lowest BCUT2D eigenvalue weighted by atomic mass is 9.89. The molecule has 1 aliphatic rings. The fourth-order valence-electron chi connectivity index (χ4n) is 2.55. The first-order valence-corrected chi connectivity index (χ1v) is 6.21. The quantitative estimate of drug-likeness (QED) is 0.827. The standard InChI is InChI=1S/C14H17N3/c15-13(14-16-7-8-17-14)12-6-5-10-3-1-2-4-11(10)9-12/h5-9,13H,1-4,15H2,(H,16,17). The smallest absolute Gasteiger partial charge is 0.127 e. The number of imidazole rings is 1. The summed E-state index contributed by atoms with van der Waals surface area (Å²) in [6.07, 6.45) is 8.57. The van der Waals surface area contributed by atoms with Gasteiger partial charge in [-0.15, -0.1) is 0 Å². The average Bonchev–Trinajstić information content (AvgIpc) is 2.91. The number of benzene rings is 1. The maximum absolute atomic E-state index is 6.20. The Labute approximate surface area is 101 Å². The number of nitrogens with two attached hydrogens (primary N) is 1. The number of aromatic amines is 1. The van der Waals surface area contributed by atoms with Crippen molar-refractivity contribution in [2.45, 2.75) is 31.7 Å². The van der Waals surface area contributed by atoms with Gasteiger partial charge in [0.05, 0.1) is 6.04 Å². The molecule has 0 fully saturated rings. The molecule has 1 heterocycles. The van der Waals surface area contributed by atoms with E-state index in [1.807, 2.05) is 6.20 Å². The molecule has 0 aliphatic heterocycles. The van der Waals surface area contributed by atoms with Gasteiger partial charge in [-0.05, 0) is 42.4 Å². The van der Waals surface area contributed by atoms with Crippen LogP contribution in [-0.4, -0.2) is 9.97 Å². The second kappa shape index (κ2) is 4.34. The molecule has 3 nitrogen and oxygen atoms in total. The van der Waals surface area contributed by atoms with Crippen molar-refractivity contribution in [1.29, 1.82) is 0 Å². The van der Waals surface area contributed by atoms with Gasteiger partial charge in [-0.25, -0.2) is 4.98 Å². The van der Waals surface area contributed by atoms with Crippen molar-refractivity contribution in [3.05, 3.63) is 53.1 Å². The lowest BCUT2D eigenvalue weighted by Crippen LogP contribution is -2.14. The van der Waals surface area contributed by atoms with Crippen LogP contribution in [0.5, 0.6) is 0 Å². The van der Waals surface area contributed by atoms with Gasteiger partial charge in [0, 0.05) is 12.4 Å². The van der Waals surface area contributed by atoms with Crippen LogP contribution in [-0.2, 0) is 12.8 Å². The zero-order chi connectivity index (χ0) is 11.7. The predicted molar refractivity (Wildman–Crippen MR) is 67.7 cm³/mol. The molecule has 0 bridgehead atoms. The molecule has 0 saturated carbocycles. The molecule has 1 aliphatic carbocycles. The highest BCUT2D eigenvalue weighted by Gasteiger charge is 2.15. The van der Waals surface area contributed by atoms with E-state index >= 15 is 0 Å². The SMILES string of the molecule is NC(c1ccc2c(c1)CCCC2)c1ncc[nH]1. The number of aromatic nitrogens is 2. The van der Waals surface area contributed by atoms with E-state index < -0.39 is 0 Å². The van der Waals surface area contributed by atoms with Gasteiger partial charge in [0.25, 0.3) is 0 Å². The Morgan fingerprint density at radius 1 is 1.18 bits per heavy atom. The van der Waals surface area contributed by atoms with E-state index in [4.69, 9.17) is 5.73 Å². The molecule has 3 heteroatoms. The zero-order valence-corrected chi connectivity index (χ0v) is 9.82. The third-order valence-electron chi connectivity index (χ3n) is 3.55. The molecule has 0 amide bonds. The first-order valence-electron chi connectivity index (χ1n) is 6.21. The van der Waals surface area contributed by atoms with Crippen LogP contribution in [0, 0.1) is 0 Å². The average molecular weight is 227 g/mol. The van der Waals surface area contributed by atoms with Gasteiger partial charge in [-0.3, -0.25) is 0 Å². The van der Waals surface area contributed by atoms with Gasteiger partial charge in [0.15, 0.2) is 0 Å². The molecular formula is C14H17N3. The molecule has 88 valence electrons. The monoisotopic (exact) mass is 227 g/mol. The Bertz CT molecular complexity index is 502. The minimum atomic E-state index is -0.141. The Hall–Kier alpha value is -1.61. The van der Waals surface area contributed by atoms with E-state index in [2.05, 4.69) is 28.2 Å². The number of aryl methyl sites for hydroxylation is 2. The van der Waals surface area contributed by atoms with Crippen LogP contribution >= 0.6 is 0 Å². The van der Waals surface area contributed by atoms with Crippen LogP contribution < -0.4 is 5.73 Å². The normalized spacial score (nSPS) is 16.5. The highest BCUT2D eigenvalue weighted by Crippen LogP contribution is 2.25. The first kappa shape index (κ1) is 10.5. The number of rotatable bonds is 2. The molecule has 0 saturated heterocycles. The maximum atomic E-state index is 6.20. The summed E-state index contributed by atoms with van der Waals surface area (Å²) >= 11 is 0. The lowest BCUT2D eigenvalue weighted by molar-refractivity contribution is 0.681. The van der Waals surface area contributed by atoms with Gasteiger partial charge in [-0.1, -0.05) is 18.2 Å². The Balaban J connectivity index is 1.93. The fourth-order valence-corrected chi connectivity index (χ4v) is 2.55. The minimum Gasteiger partial charge on any atom is -0.347 e. The van der Waals surface area contributed by atoms with E-state index in [-0.39, 0.29) is 6.04 Å². The summed E-state index contributed by atoms with van der Waals surface area (Å²) in [4.78, 5) is 7.30. The van der Waals surface area contributed by atoms with E-state index in [0.717, 1.165) is 11.4 Å². The molecule has 3 rings (SSSR count). The summed E-state index contributed by atoms with van der Waals surface area (Å²) in [6, 6.07) is 6.48. The van der Waals surface area contributed by atoms with Gasteiger partial charge in [-0.2, -0.15) is 0 Å². The third kappa shape index (κ3) is 1.98. The summed E-state index contributed by atoms with van der Waals surface area (Å²) in [5.41, 5.74) is 10.3. The molecule has 0 radical (unpaired) electrons. The Morgan fingerprint density at radius 3 is 2.76 bits per heavy atom. The molecule has 3 N–H and O–H groups in total. The van der Waals surface area contributed by atoms with Gasteiger partial charge >= 0.3 is 0 Å². The second-order valence-corrected chi connectivity index (χ2v) is 4.69. The number of H-pyrrole nitrogens is 1. The molecule has 1 unspecified atom stereocenters. The lowest BCUT2D eigenvalue weighted by Gasteiger charge is -2.18. The summed E-state index contributed by atoms with van der Waals surface area (Å²) in [7, 11) is 0. The van der Waals surface area contributed by atoms with Crippen LogP contribution in [0.15, 0.2) is 30.6 Å². The third-order valence-corrected chi connectivity index (χ3v) is 3.55. The molecule has 1 aromatic carbocycles. The topological polar surface area (TPSA) is 54.7 Å². The van der Waals surface area contributed by atoms with Crippen molar-refractivity contribution in [2.75, 3.05) is 0 Å². The predicted octanol–water partition coefficient (Wildman–Crippen LogP) is 2.34. The van der Waals surface area contributed by atoms with Gasteiger partial charge in [0.1, 0.15) is 5.82 Å². The molecule has 17 heavy (non-hydrogen) atoms. The van der Waals surface area contributed by atoms with Crippen LogP contribution in [0.4, 0.5) is 0 Å². The number of nitrogens with zero attached hydrogens (tertiary/aromatic N) is 1. The van der Waals surface area contributed by atoms with E-state index in [9.17, 15) is 0 Å². The molecule has 2 aromatic rings. The van der Waals surface area contributed by atoms with Crippen LogP contribution in [0.3, 0.4) is 0 Å². The maximum Gasteiger partial charge on any atom is 0.127 e. The summed E-state index contributed by atoms with van der Waals surface area (Å²) in [5, 5.41) is 0. The number of fused-ring (bicyclic) bond motifs is 1. The summed E-state index contributed by atoms with van der Waals surface area (Å²) in [5.74, 6) is 0.834. The molecular weight excluding hydrogens is 210 g/mol. The van der Waals surface area contributed by atoms with Crippen molar-refractivity contribution in [2.24, 2.45) is 5.73 Å². The number of hydrogen-bond donors (Lipinski definition) is 2. The second-order valence-electron chi connectivity index (χ2n) is 4.69. The van der Waals surface area contributed by atoms with E-state index in [1.165, 1.54) is 36.8 Å². The van der Waals surface area contributed by atoms with Crippen LogP contribution in [0.2, 0.25) is 0 Å². The first-order chi connectivity index (χ1) is 8.34. The highest BCUT2D eigenvalue weighted by atomic mass is 14.9. The number of nitrogens with one attached hydrogen (secondary N) is 1. The van der Waals surface area contributed by atoms with E-state index in [0.29, 0.717) is 0 Å². The fraction of sp³-hybridized carbons (Fsp3) is 0.357. The molecule has 1 aromatic heterocycles. The largest absolute Gasteiger partial charge is 0.347 e. The summed E-state index contributed by atoms with van der Waals surface area (Å²) in [6.45, 7) is 0. The van der Waals surface area contributed by atoms with Crippen molar-refractivity contribution in [1.82, 2.24) is 9.97 Å². The summed E-state index contributed by atoms with van der Waals surface area (Å²) < 4.78 is 0. The van der Waals surface area contributed by atoms with Crippen molar-refractivity contribution >= 4 is 0 Å². The van der Waals surface area contributed by atoms with E-state index in [1.54, 1.807) is 6.20 Å². The van der Waals surface area contributed by atoms with Gasteiger partial charge in [0.2, 0.25) is 0 Å². The highest BCUT2D eigenvalue weighted by molar-refractivity contribution is 5.36. The Morgan fingerprint density at radius 2 is 2.00 bits per heavy atom. The van der Waals surface area contributed by atoms with Crippen molar-refractivity contribution < 1.29 is 0 Å². The minimum absolute atomic E-state index is 0.141. The van der Waals surface area contributed by atoms with Crippen LogP contribution in [0.1, 0.15) is 41.4 Å². The van der Waals surface area contributed by atoms with Crippen molar-refractivity contribution in [3.63, 3.8) is 0 Å². The molecule has 0 spiro atoms. The molecule has 1 atom stereocenters. The van der Waals surface area contributed by atoms with Crippen LogP contribution in [0.25, 0.3) is 0 Å². The van der Waals surface area contributed by atoms with Gasteiger partial charge < -0.3 is 10.7 Å². The number of hydrogen-bond acceptors (Lipinski definition) is 2. The Kier molecular flexibility index (Phi) is 2.69.